The summed E-state index contributed by atoms with van der Waals surface area (Å²) in [7, 11) is 0. The highest BCUT2D eigenvalue weighted by Crippen LogP contribution is 2.10. The van der Waals surface area contributed by atoms with Crippen LogP contribution < -0.4 is 0 Å². The van der Waals surface area contributed by atoms with Crippen molar-refractivity contribution in [1.82, 2.24) is 0 Å². The zero-order valence-corrected chi connectivity index (χ0v) is 5.35. The molecule has 0 aromatic rings. The molecule has 0 spiro atoms. The fraction of sp³-hybridized carbons (Fsp3) is 1.00. The topological polar surface area (TPSA) is 9.23 Å². The van der Waals surface area contributed by atoms with Crippen molar-refractivity contribution >= 4 is 14.9 Å². The molecule has 0 atom stereocenters. The molecule has 0 bridgehead atoms. The highest BCUT2D eigenvalue weighted by molar-refractivity contribution is 6.43. The third-order valence-corrected chi connectivity index (χ3v) is 2.58. The van der Waals surface area contributed by atoms with Gasteiger partial charge in [-0.25, -0.2) is 0 Å². The van der Waals surface area contributed by atoms with Crippen LogP contribution in [0, 0.1) is 0 Å². The Morgan fingerprint density at radius 1 is 1.43 bits per heavy atom. The van der Waals surface area contributed by atoms with Crippen LogP contribution in [-0.2, 0) is 3.79 Å². The van der Waals surface area contributed by atoms with Gasteiger partial charge in [0.25, 0.3) is 0 Å². The first-order valence-corrected chi connectivity index (χ1v) is 4.38. The summed E-state index contributed by atoms with van der Waals surface area (Å²) in [5.74, 6) is 0. The molecule has 0 aromatic heterocycles. The normalized spacial score (nSPS) is 22.7. The number of rotatable bonds is 0. The molecule has 1 saturated heterocycles. The van der Waals surface area contributed by atoms with E-state index in [0.29, 0.717) is 6.61 Å². The summed E-state index contributed by atoms with van der Waals surface area (Å²) in [6.45, 7) is 0.674. The van der Waals surface area contributed by atoms with E-state index in [2.05, 4.69) is 0 Å². The van der Waals surface area contributed by atoms with Gasteiger partial charge in [-0.3, -0.25) is 0 Å². The van der Waals surface area contributed by atoms with Gasteiger partial charge in [-0.1, -0.05) is 6.42 Å². The van der Waals surface area contributed by atoms with Gasteiger partial charge >= 0.3 is 14.9 Å². The molecule has 1 aliphatic heterocycles. The standard InChI is InChI=1S/C4H8O.Al.FH/c1-2-3-4-5;;/h1-4H2;;1H/q-1;+2;/p-1. The van der Waals surface area contributed by atoms with E-state index in [1.165, 1.54) is 0 Å². The van der Waals surface area contributed by atoms with Crippen LogP contribution >= 0.6 is 0 Å². The van der Waals surface area contributed by atoms with E-state index in [9.17, 15) is 3.52 Å². The second-order valence-electron chi connectivity index (χ2n) is 1.78. The minimum Gasteiger partial charge on any atom is -0.476 e. The Labute approximate surface area is 47.7 Å². The Hall–Kier alpha value is 0.422. The van der Waals surface area contributed by atoms with Gasteiger partial charge in [-0.15, -0.1) is 0 Å². The van der Waals surface area contributed by atoms with Crippen LogP contribution in [0.2, 0.25) is 5.28 Å². The summed E-state index contributed by atoms with van der Waals surface area (Å²) < 4.78 is 16.9. The van der Waals surface area contributed by atoms with E-state index in [1.54, 1.807) is 0 Å². The molecule has 1 aliphatic rings. The van der Waals surface area contributed by atoms with Gasteiger partial charge in [-0.05, 0) is 11.7 Å². The SMILES string of the molecule is [F][Al]1[CH2]CCC[O]1. The molecule has 0 aliphatic carbocycles. The van der Waals surface area contributed by atoms with Gasteiger partial charge in [0.2, 0.25) is 0 Å². The predicted molar refractivity (Wildman–Crippen MR) is 26.9 cm³/mol. The molecule has 1 fully saturated rings. The first-order valence-electron chi connectivity index (χ1n) is 2.65. The average Bonchev–Trinajstić information content (AvgIpc) is 1.69. The molecule has 1 heterocycles. The van der Waals surface area contributed by atoms with Crippen molar-refractivity contribution in [1.29, 1.82) is 0 Å². The lowest BCUT2D eigenvalue weighted by atomic mass is 10.4. The first kappa shape index (κ1) is 5.56. The Morgan fingerprint density at radius 2 is 2.29 bits per heavy atom. The molecule has 0 unspecified atom stereocenters. The van der Waals surface area contributed by atoms with E-state index in [4.69, 9.17) is 3.79 Å². The highest BCUT2D eigenvalue weighted by Gasteiger charge is 2.24. The molecule has 0 aromatic carbocycles. The van der Waals surface area contributed by atoms with E-state index in [1.807, 2.05) is 0 Å². The van der Waals surface area contributed by atoms with Crippen molar-refractivity contribution in [3.05, 3.63) is 0 Å². The van der Waals surface area contributed by atoms with Crippen molar-refractivity contribution in [2.45, 2.75) is 18.1 Å². The summed E-state index contributed by atoms with van der Waals surface area (Å²) in [6.07, 6.45) is 2.11. The maximum atomic E-state index is 12.1. The fourth-order valence-corrected chi connectivity index (χ4v) is 1.90. The lowest BCUT2D eigenvalue weighted by molar-refractivity contribution is 0.259. The van der Waals surface area contributed by atoms with E-state index in [-0.39, 0.29) is 0 Å². The largest absolute Gasteiger partial charge is 0.716 e. The van der Waals surface area contributed by atoms with Crippen LogP contribution in [-0.4, -0.2) is 21.5 Å². The van der Waals surface area contributed by atoms with Crippen molar-refractivity contribution in [3.63, 3.8) is 0 Å². The molecule has 40 valence electrons. The Morgan fingerprint density at radius 3 is 2.57 bits per heavy atom. The molecule has 0 saturated carbocycles. The van der Waals surface area contributed by atoms with Gasteiger partial charge in [0.05, 0.1) is 0 Å². The number of hydrogen-bond acceptors (Lipinski definition) is 1. The van der Waals surface area contributed by atoms with Crippen molar-refractivity contribution in [3.8, 4) is 0 Å². The van der Waals surface area contributed by atoms with Gasteiger partial charge < -0.3 is 7.31 Å². The van der Waals surface area contributed by atoms with Gasteiger partial charge in [0.1, 0.15) is 0 Å². The maximum absolute atomic E-state index is 12.1. The molecule has 1 rings (SSSR count). The van der Waals surface area contributed by atoms with Crippen LogP contribution in [0.4, 0.5) is 3.52 Å². The zero-order valence-electron chi connectivity index (χ0n) is 4.19. The van der Waals surface area contributed by atoms with Crippen LogP contribution in [0.5, 0.6) is 0 Å². The third-order valence-electron chi connectivity index (χ3n) is 1.12. The van der Waals surface area contributed by atoms with Crippen molar-refractivity contribution in [2.75, 3.05) is 6.61 Å². The molecule has 1 nitrogen and oxygen atoms in total. The highest BCUT2D eigenvalue weighted by atomic mass is 27.3. The van der Waals surface area contributed by atoms with Crippen molar-refractivity contribution in [2.24, 2.45) is 0 Å². The minimum atomic E-state index is -2.09. The number of hydrogen-bond donors (Lipinski definition) is 0. The smallest absolute Gasteiger partial charge is 0.476 e. The lowest BCUT2D eigenvalue weighted by Gasteiger charge is -2.09. The molecular formula is C4H8AlFO. The van der Waals surface area contributed by atoms with Gasteiger partial charge in [0.15, 0.2) is 0 Å². The van der Waals surface area contributed by atoms with Gasteiger partial charge in [-0.2, -0.15) is 0 Å². The summed E-state index contributed by atoms with van der Waals surface area (Å²) in [4.78, 5) is 0. The minimum absolute atomic E-state index is 0.674. The second kappa shape index (κ2) is 2.66. The monoisotopic (exact) mass is 118 g/mol. The summed E-state index contributed by atoms with van der Waals surface area (Å²) in [5.41, 5.74) is 0. The quantitative estimate of drug-likeness (QED) is 0.435. The Balaban J connectivity index is 2.12. The fourth-order valence-electron chi connectivity index (χ4n) is 0.701. The molecule has 0 radical (unpaired) electrons. The number of halogens is 1. The molecule has 3 heteroatoms. The van der Waals surface area contributed by atoms with E-state index in [0.717, 1.165) is 18.1 Å². The second-order valence-corrected chi connectivity index (χ2v) is 3.51. The zero-order chi connectivity index (χ0) is 5.11. The first-order chi connectivity index (χ1) is 3.39. The Kier molecular flexibility index (Phi) is 2.11. The molecule has 0 amide bonds. The van der Waals surface area contributed by atoms with Gasteiger partial charge in [0, 0.05) is 6.61 Å². The summed E-state index contributed by atoms with van der Waals surface area (Å²) in [5, 5.41) is 0.736. The summed E-state index contributed by atoms with van der Waals surface area (Å²) >= 11 is -2.09. The van der Waals surface area contributed by atoms with Crippen LogP contribution in [0.3, 0.4) is 0 Å². The maximum Gasteiger partial charge on any atom is 0.716 e. The average molecular weight is 118 g/mol. The van der Waals surface area contributed by atoms with E-state index >= 15 is 0 Å². The van der Waals surface area contributed by atoms with Crippen LogP contribution in [0.1, 0.15) is 12.8 Å². The molecular weight excluding hydrogens is 110 g/mol. The lowest BCUT2D eigenvalue weighted by Crippen LogP contribution is -2.17. The van der Waals surface area contributed by atoms with Crippen LogP contribution in [0.25, 0.3) is 0 Å². The van der Waals surface area contributed by atoms with Crippen LogP contribution in [0.15, 0.2) is 0 Å². The molecule has 0 N–H and O–H groups in total. The van der Waals surface area contributed by atoms with Crippen molar-refractivity contribution < 1.29 is 7.31 Å². The predicted octanol–water partition coefficient (Wildman–Crippen LogP) is 1.25. The Bertz CT molecular complexity index is 53.7. The molecule has 7 heavy (non-hydrogen) atoms. The third kappa shape index (κ3) is 1.77. The van der Waals surface area contributed by atoms with E-state index < -0.39 is 14.9 Å². The summed E-state index contributed by atoms with van der Waals surface area (Å²) in [6, 6.07) is 0.